The summed E-state index contributed by atoms with van der Waals surface area (Å²) in [7, 11) is 3.29. The fourth-order valence-electron chi connectivity index (χ4n) is 1.81. The highest BCUT2D eigenvalue weighted by atomic mass is 19.4. The highest BCUT2D eigenvalue weighted by molar-refractivity contribution is 5.86. The molecule has 1 amide bonds. The third kappa shape index (κ3) is 7.91. The monoisotopic (exact) mass is 358 g/mol. The Bertz CT molecular complexity index is 598. The highest BCUT2D eigenvalue weighted by Crippen LogP contribution is 2.29. The van der Waals surface area contributed by atoms with E-state index in [1.165, 1.54) is 11.0 Å². The summed E-state index contributed by atoms with van der Waals surface area (Å²) < 4.78 is 38.3. The summed E-state index contributed by atoms with van der Waals surface area (Å²) in [5, 5.41) is 5.97. The summed E-state index contributed by atoms with van der Waals surface area (Å²) in [6, 6.07) is 5.05. The number of carbonyl (C=O) groups excluding carboxylic acids is 1. The molecule has 0 saturated heterocycles. The summed E-state index contributed by atoms with van der Waals surface area (Å²) in [6.45, 7) is 4.79. The number of aliphatic imine (C=N–C) groups is 1. The lowest BCUT2D eigenvalue weighted by molar-refractivity contribution is -0.137. The van der Waals surface area contributed by atoms with Crippen molar-refractivity contribution < 1.29 is 18.0 Å². The maximum atomic E-state index is 12.8. The molecule has 1 aromatic carbocycles. The average molecular weight is 358 g/mol. The van der Waals surface area contributed by atoms with E-state index < -0.39 is 11.7 Å². The van der Waals surface area contributed by atoms with Gasteiger partial charge in [-0.15, -0.1) is 0 Å². The minimum Gasteiger partial charge on any atom is -0.356 e. The van der Waals surface area contributed by atoms with Gasteiger partial charge < -0.3 is 15.5 Å². The van der Waals surface area contributed by atoms with Gasteiger partial charge in [-0.2, -0.15) is 13.2 Å². The lowest BCUT2D eigenvalue weighted by Crippen LogP contribution is -2.44. The molecule has 0 saturated carbocycles. The molecule has 1 aromatic rings. The van der Waals surface area contributed by atoms with E-state index in [1.807, 2.05) is 13.8 Å². The number of guanidine groups is 1. The maximum Gasteiger partial charge on any atom is 0.416 e. The Hall–Kier alpha value is -2.25. The predicted molar refractivity (Wildman–Crippen MR) is 92.1 cm³/mol. The SMILES string of the molecule is CC(C)CNC(=NCc1cccc(C(F)(F)F)c1)NCC(=O)N(C)C. The van der Waals surface area contributed by atoms with Crippen LogP contribution in [0.4, 0.5) is 13.2 Å². The van der Waals surface area contributed by atoms with Crippen LogP contribution in [0.5, 0.6) is 0 Å². The van der Waals surface area contributed by atoms with Crippen molar-refractivity contribution in [1.29, 1.82) is 0 Å². The van der Waals surface area contributed by atoms with Gasteiger partial charge >= 0.3 is 6.18 Å². The van der Waals surface area contributed by atoms with Crippen LogP contribution in [0, 0.1) is 5.92 Å². The number of rotatable bonds is 6. The summed E-state index contributed by atoms with van der Waals surface area (Å²) in [5.74, 6) is 0.615. The number of benzene rings is 1. The first-order chi connectivity index (χ1) is 11.6. The van der Waals surface area contributed by atoms with Crippen molar-refractivity contribution in [2.75, 3.05) is 27.2 Å². The Morgan fingerprint density at radius 2 is 1.92 bits per heavy atom. The highest BCUT2D eigenvalue weighted by Gasteiger charge is 2.30. The largest absolute Gasteiger partial charge is 0.416 e. The van der Waals surface area contributed by atoms with Crippen molar-refractivity contribution in [2.45, 2.75) is 26.6 Å². The first kappa shape index (κ1) is 20.8. The molecule has 0 aliphatic heterocycles. The van der Waals surface area contributed by atoms with E-state index in [4.69, 9.17) is 0 Å². The molecule has 25 heavy (non-hydrogen) atoms. The summed E-state index contributed by atoms with van der Waals surface area (Å²) in [4.78, 5) is 17.4. The molecule has 0 spiro atoms. The Kier molecular flexibility index (Phi) is 7.73. The zero-order valence-corrected chi connectivity index (χ0v) is 14.9. The molecule has 1 rings (SSSR count). The topological polar surface area (TPSA) is 56.7 Å². The summed E-state index contributed by atoms with van der Waals surface area (Å²) in [6.07, 6.45) is -4.38. The molecule has 5 nitrogen and oxygen atoms in total. The maximum absolute atomic E-state index is 12.8. The van der Waals surface area contributed by atoms with Crippen LogP contribution in [0.1, 0.15) is 25.0 Å². The van der Waals surface area contributed by atoms with Gasteiger partial charge in [0.1, 0.15) is 0 Å². The van der Waals surface area contributed by atoms with Gasteiger partial charge in [0, 0.05) is 20.6 Å². The van der Waals surface area contributed by atoms with E-state index in [1.54, 1.807) is 20.2 Å². The first-order valence-corrected chi connectivity index (χ1v) is 7.98. The van der Waals surface area contributed by atoms with Crippen molar-refractivity contribution >= 4 is 11.9 Å². The van der Waals surface area contributed by atoms with Crippen molar-refractivity contribution in [3.05, 3.63) is 35.4 Å². The van der Waals surface area contributed by atoms with Crippen LogP contribution in [0.15, 0.2) is 29.3 Å². The zero-order chi connectivity index (χ0) is 19.0. The zero-order valence-electron chi connectivity index (χ0n) is 14.9. The number of hydrogen-bond acceptors (Lipinski definition) is 2. The Morgan fingerprint density at radius 3 is 2.48 bits per heavy atom. The third-order valence-corrected chi connectivity index (χ3v) is 3.26. The molecule has 0 aliphatic rings. The molecule has 0 atom stereocenters. The molecule has 0 bridgehead atoms. The van der Waals surface area contributed by atoms with Crippen molar-refractivity contribution in [3.8, 4) is 0 Å². The van der Waals surface area contributed by atoms with Crippen molar-refractivity contribution in [2.24, 2.45) is 10.9 Å². The quantitative estimate of drug-likeness (QED) is 0.607. The number of alkyl halides is 3. The van der Waals surface area contributed by atoms with E-state index >= 15 is 0 Å². The number of halogens is 3. The number of hydrogen-bond donors (Lipinski definition) is 2. The number of nitrogens with one attached hydrogen (secondary N) is 2. The fourth-order valence-corrected chi connectivity index (χ4v) is 1.81. The molecule has 0 fully saturated rings. The number of carbonyl (C=O) groups is 1. The Labute approximate surface area is 146 Å². The van der Waals surface area contributed by atoms with Gasteiger partial charge in [0.2, 0.25) is 5.91 Å². The smallest absolute Gasteiger partial charge is 0.356 e. The van der Waals surface area contributed by atoms with Gasteiger partial charge in [0.15, 0.2) is 5.96 Å². The second kappa shape index (κ2) is 9.29. The molecular formula is C17H25F3N4O. The summed E-state index contributed by atoms with van der Waals surface area (Å²) >= 11 is 0. The van der Waals surface area contributed by atoms with Crippen LogP contribution < -0.4 is 10.6 Å². The molecule has 0 unspecified atom stereocenters. The van der Waals surface area contributed by atoms with E-state index in [2.05, 4.69) is 15.6 Å². The number of nitrogens with zero attached hydrogens (tertiary/aromatic N) is 2. The second-order valence-corrected chi connectivity index (χ2v) is 6.28. The van der Waals surface area contributed by atoms with Gasteiger partial charge in [0.05, 0.1) is 18.7 Å². The van der Waals surface area contributed by atoms with E-state index in [-0.39, 0.29) is 19.0 Å². The van der Waals surface area contributed by atoms with Crippen LogP contribution >= 0.6 is 0 Å². The molecule has 0 heterocycles. The molecule has 2 N–H and O–H groups in total. The van der Waals surface area contributed by atoms with Crippen molar-refractivity contribution in [1.82, 2.24) is 15.5 Å². The lowest BCUT2D eigenvalue weighted by Gasteiger charge is -2.16. The van der Waals surface area contributed by atoms with Crippen LogP contribution in [0.25, 0.3) is 0 Å². The van der Waals surface area contributed by atoms with Gasteiger partial charge in [-0.25, -0.2) is 4.99 Å². The third-order valence-electron chi connectivity index (χ3n) is 3.26. The predicted octanol–water partition coefficient (Wildman–Crippen LogP) is 2.48. The minimum absolute atomic E-state index is 0.0551. The molecule has 0 radical (unpaired) electrons. The first-order valence-electron chi connectivity index (χ1n) is 7.98. The van der Waals surface area contributed by atoms with Crippen LogP contribution in [0.2, 0.25) is 0 Å². The fraction of sp³-hybridized carbons (Fsp3) is 0.529. The molecule has 0 aliphatic carbocycles. The van der Waals surface area contributed by atoms with Crippen LogP contribution in [-0.4, -0.2) is 44.0 Å². The van der Waals surface area contributed by atoms with E-state index in [9.17, 15) is 18.0 Å². The van der Waals surface area contributed by atoms with E-state index in [0.29, 0.717) is 24.0 Å². The molecular weight excluding hydrogens is 333 g/mol. The van der Waals surface area contributed by atoms with Gasteiger partial charge in [-0.3, -0.25) is 4.79 Å². The van der Waals surface area contributed by atoms with Crippen LogP contribution in [-0.2, 0) is 17.5 Å². The molecule has 140 valence electrons. The van der Waals surface area contributed by atoms with E-state index in [0.717, 1.165) is 12.1 Å². The lowest BCUT2D eigenvalue weighted by atomic mass is 10.1. The van der Waals surface area contributed by atoms with Gasteiger partial charge in [-0.1, -0.05) is 26.0 Å². The summed E-state index contributed by atoms with van der Waals surface area (Å²) in [5.41, 5.74) is -0.257. The minimum atomic E-state index is -4.38. The average Bonchev–Trinajstić information content (AvgIpc) is 2.53. The van der Waals surface area contributed by atoms with Gasteiger partial charge in [-0.05, 0) is 23.6 Å². The number of amides is 1. The standard InChI is InChI=1S/C17H25F3N4O/c1-12(2)9-21-16(23-11-15(25)24(3)4)22-10-13-6-5-7-14(8-13)17(18,19)20/h5-8,12H,9-11H2,1-4H3,(H2,21,22,23). The van der Waals surface area contributed by atoms with Gasteiger partial charge in [0.25, 0.3) is 0 Å². The second-order valence-electron chi connectivity index (χ2n) is 6.28. The molecule has 8 heteroatoms. The van der Waals surface area contributed by atoms with Crippen molar-refractivity contribution in [3.63, 3.8) is 0 Å². The molecule has 0 aromatic heterocycles. The Morgan fingerprint density at radius 1 is 1.24 bits per heavy atom. The van der Waals surface area contributed by atoms with Crippen LogP contribution in [0.3, 0.4) is 0 Å². The Balaban J connectivity index is 2.81. The normalized spacial score (nSPS) is 12.2. The number of likely N-dealkylation sites (N-methyl/N-ethyl adjacent to an activating group) is 1.